The fourth-order valence-corrected chi connectivity index (χ4v) is 4.17. The summed E-state index contributed by atoms with van der Waals surface area (Å²) in [7, 11) is 2.09. The molecule has 0 bridgehead atoms. The largest absolute Gasteiger partial charge is 0.235 e. The van der Waals surface area contributed by atoms with Crippen LogP contribution in [-0.2, 0) is 9.05 Å². The van der Waals surface area contributed by atoms with Crippen LogP contribution >= 0.6 is 10.7 Å². The number of rotatable bonds is 4. The summed E-state index contributed by atoms with van der Waals surface area (Å²) in [5.41, 5.74) is 0. The molecule has 1 aliphatic rings. The van der Waals surface area contributed by atoms with Gasteiger partial charge in [0.1, 0.15) is 0 Å². The van der Waals surface area contributed by atoms with Gasteiger partial charge in [-0.05, 0) is 25.2 Å². The Labute approximate surface area is 85.1 Å². The molecule has 1 fully saturated rings. The van der Waals surface area contributed by atoms with Crippen LogP contribution in [0.4, 0.5) is 0 Å². The van der Waals surface area contributed by atoms with Crippen LogP contribution in [0.15, 0.2) is 0 Å². The summed E-state index contributed by atoms with van der Waals surface area (Å²) in [6.45, 7) is 2.00. The van der Waals surface area contributed by atoms with Gasteiger partial charge in [-0.15, -0.1) is 0 Å². The lowest BCUT2D eigenvalue weighted by atomic mass is 10.0. The van der Waals surface area contributed by atoms with Gasteiger partial charge in [-0.1, -0.05) is 26.2 Å². The van der Waals surface area contributed by atoms with Gasteiger partial charge >= 0.3 is 0 Å². The highest BCUT2D eigenvalue weighted by Gasteiger charge is 2.32. The van der Waals surface area contributed by atoms with Gasteiger partial charge in [0.2, 0.25) is 9.05 Å². The smallest absolute Gasteiger partial charge is 0.212 e. The topological polar surface area (TPSA) is 34.1 Å². The van der Waals surface area contributed by atoms with Crippen molar-refractivity contribution < 1.29 is 8.42 Å². The quantitative estimate of drug-likeness (QED) is 0.689. The van der Waals surface area contributed by atoms with Crippen molar-refractivity contribution in [3.63, 3.8) is 0 Å². The van der Waals surface area contributed by atoms with Gasteiger partial charge in [-0.2, -0.15) is 0 Å². The van der Waals surface area contributed by atoms with Gasteiger partial charge in [0, 0.05) is 10.7 Å². The van der Waals surface area contributed by atoms with E-state index < -0.39 is 9.05 Å². The summed E-state index contributed by atoms with van der Waals surface area (Å²) < 4.78 is 22.5. The van der Waals surface area contributed by atoms with Crippen LogP contribution in [0.1, 0.15) is 45.4 Å². The van der Waals surface area contributed by atoms with E-state index in [2.05, 4.69) is 0 Å². The number of hydrogen-bond acceptors (Lipinski definition) is 2. The third-order valence-corrected chi connectivity index (χ3v) is 4.89. The summed E-state index contributed by atoms with van der Waals surface area (Å²) >= 11 is 0. The maximum absolute atomic E-state index is 11.3. The molecule has 1 saturated carbocycles. The molecule has 0 aromatic heterocycles. The zero-order chi connectivity index (χ0) is 9.90. The highest BCUT2D eigenvalue weighted by Crippen LogP contribution is 2.34. The molecule has 0 saturated heterocycles. The number of hydrogen-bond donors (Lipinski definition) is 0. The molecule has 0 aromatic carbocycles. The predicted octanol–water partition coefficient (Wildman–Crippen LogP) is 2.91. The van der Waals surface area contributed by atoms with E-state index in [1.807, 2.05) is 6.92 Å². The van der Waals surface area contributed by atoms with Gasteiger partial charge in [0.15, 0.2) is 0 Å². The van der Waals surface area contributed by atoms with Gasteiger partial charge in [-0.3, -0.25) is 0 Å². The Morgan fingerprint density at radius 2 is 1.92 bits per heavy atom. The number of halogens is 1. The van der Waals surface area contributed by atoms with Crippen LogP contribution in [0.5, 0.6) is 0 Å². The van der Waals surface area contributed by atoms with Crippen molar-refractivity contribution >= 4 is 19.7 Å². The molecular formula is C9H17ClO2S. The lowest BCUT2D eigenvalue weighted by Crippen LogP contribution is -2.24. The Morgan fingerprint density at radius 3 is 2.31 bits per heavy atom. The summed E-state index contributed by atoms with van der Waals surface area (Å²) in [5.74, 6) is 0.322. The molecule has 0 radical (unpaired) electrons. The van der Waals surface area contributed by atoms with Crippen molar-refractivity contribution in [3.05, 3.63) is 0 Å². The maximum Gasteiger partial charge on any atom is 0.235 e. The summed E-state index contributed by atoms with van der Waals surface area (Å²) in [6.07, 6.45) is 6.02. The minimum atomic E-state index is -3.34. The second kappa shape index (κ2) is 4.65. The third kappa shape index (κ3) is 3.13. The Balaban J connectivity index is 2.66. The SMILES string of the molecule is CCCC(C1CCCC1)S(=O)(=O)Cl. The van der Waals surface area contributed by atoms with E-state index >= 15 is 0 Å². The van der Waals surface area contributed by atoms with Crippen molar-refractivity contribution in [2.45, 2.75) is 50.7 Å². The highest BCUT2D eigenvalue weighted by molar-refractivity contribution is 8.14. The first-order chi connectivity index (χ1) is 6.05. The van der Waals surface area contributed by atoms with Crippen molar-refractivity contribution in [2.75, 3.05) is 0 Å². The minimum absolute atomic E-state index is 0.290. The second-order valence-corrected chi connectivity index (χ2v) is 6.69. The summed E-state index contributed by atoms with van der Waals surface area (Å²) in [5, 5.41) is -0.290. The molecule has 0 heterocycles. The zero-order valence-corrected chi connectivity index (χ0v) is 9.57. The van der Waals surface area contributed by atoms with Gasteiger partial charge in [-0.25, -0.2) is 8.42 Å². The molecule has 0 aromatic rings. The van der Waals surface area contributed by atoms with E-state index in [0.29, 0.717) is 5.92 Å². The average Bonchev–Trinajstić information content (AvgIpc) is 2.49. The zero-order valence-electron chi connectivity index (χ0n) is 8.00. The standard InChI is InChI=1S/C9H17ClO2S/c1-2-5-9(13(10,11)12)8-6-3-4-7-8/h8-9H,2-7H2,1H3. The molecule has 4 heteroatoms. The monoisotopic (exact) mass is 224 g/mol. The minimum Gasteiger partial charge on any atom is -0.212 e. The van der Waals surface area contributed by atoms with E-state index in [1.165, 1.54) is 0 Å². The van der Waals surface area contributed by atoms with Crippen LogP contribution in [-0.4, -0.2) is 13.7 Å². The summed E-state index contributed by atoms with van der Waals surface area (Å²) in [6, 6.07) is 0. The van der Waals surface area contributed by atoms with Crippen molar-refractivity contribution in [1.29, 1.82) is 0 Å². The molecule has 13 heavy (non-hydrogen) atoms. The van der Waals surface area contributed by atoms with Crippen LogP contribution in [0.25, 0.3) is 0 Å². The molecular weight excluding hydrogens is 208 g/mol. The first kappa shape index (κ1) is 11.3. The Hall–Kier alpha value is 0.240. The highest BCUT2D eigenvalue weighted by atomic mass is 35.7. The molecule has 0 amide bonds. The van der Waals surface area contributed by atoms with Crippen LogP contribution in [0.2, 0.25) is 0 Å². The first-order valence-electron chi connectivity index (χ1n) is 4.99. The lowest BCUT2D eigenvalue weighted by Gasteiger charge is -2.19. The van der Waals surface area contributed by atoms with E-state index in [1.54, 1.807) is 0 Å². The molecule has 0 N–H and O–H groups in total. The molecule has 2 nitrogen and oxygen atoms in total. The molecule has 1 aliphatic carbocycles. The van der Waals surface area contributed by atoms with Crippen molar-refractivity contribution in [3.8, 4) is 0 Å². The fraction of sp³-hybridized carbons (Fsp3) is 1.00. The normalized spacial score (nSPS) is 22.0. The maximum atomic E-state index is 11.3. The molecule has 1 atom stereocenters. The average molecular weight is 225 g/mol. The fourth-order valence-electron chi connectivity index (χ4n) is 2.22. The van der Waals surface area contributed by atoms with Gasteiger partial charge < -0.3 is 0 Å². The Morgan fingerprint density at radius 1 is 1.38 bits per heavy atom. The molecule has 0 aliphatic heterocycles. The van der Waals surface area contributed by atoms with E-state index in [4.69, 9.17) is 10.7 Å². The van der Waals surface area contributed by atoms with Crippen LogP contribution in [0, 0.1) is 5.92 Å². The molecule has 0 spiro atoms. The third-order valence-electron chi connectivity index (χ3n) is 2.86. The van der Waals surface area contributed by atoms with E-state index in [-0.39, 0.29) is 5.25 Å². The Kier molecular flexibility index (Phi) is 4.05. The van der Waals surface area contributed by atoms with E-state index in [0.717, 1.165) is 38.5 Å². The van der Waals surface area contributed by atoms with Gasteiger partial charge in [0.05, 0.1) is 5.25 Å². The predicted molar refractivity (Wildman–Crippen MR) is 55.4 cm³/mol. The first-order valence-corrected chi connectivity index (χ1v) is 7.36. The lowest BCUT2D eigenvalue weighted by molar-refractivity contribution is 0.468. The van der Waals surface area contributed by atoms with Crippen molar-refractivity contribution in [2.24, 2.45) is 5.92 Å². The van der Waals surface area contributed by atoms with E-state index in [9.17, 15) is 8.42 Å². The van der Waals surface area contributed by atoms with Crippen LogP contribution in [0.3, 0.4) is 0 Å². The molecule has 1 rings (SSSR count). The van der Waals surface area contributed by atoms with Gasteiger partial charge in [0.25, 0.3) is 0 Å². The molecule has 1 unspecified atom stereocenters. The molecule has 78 valence electrons. The van der Waals surface area contributed by atoms with Crippen molar-refractivity contribution in [1.82, 2.24) is 0 Å². The van der Waals surface area contributed by atoms with Crippen LogP contribution < -0.4 is 0 Å². The Bertz CT molecular complexity index is 242. The second-order valence-electron chi connectivity index (χ2n) is 3.85. The summed E-state index contributed by atoms with van der Waals surface area (Å²) in [4.78, 5) is 0.